The maximum absolute atomic E-state index is 11.2. The molecule has 0 unspecified atom stereocenters. The topological polar surface area (TPSA) is 87.6 Å². The second-order valence-electron chi connectivity index (χ2n) is 3.65. The van der Waals surface area contributed by atoms with Crippen molar-refractivity contribution in [2.75, 3.05) is 5.73 Å². The molecular formula is C11H14N4O. The summed E-state index contributed by atoms with van der Waals surface area (Å²) in [5.74, 6) is 0.511. The molecule has 0 saturated heterocycles. The highest BCUT2D eigenvalue weighted by atomic mass is 16.1. The number of rotatable bonds is 3. The lowest BCUT2D eigenvalue weighted by molar-refractivity contribution is 0.927. The van der Waals surface area contributed by atoms with Crippen LogP contribution in [0.25, 0.3) is 11.3 Å². The maximum Gasteiger partial charge on any atom is 0.248 e. The number of nitrogens with two attached hydrogens (primary N) is 1. The summed E-state index contributed by atoms with van der Waals surface area (Å²) in [5.41, 5.74) is 8.28. The van der Waals surface area contributed by atoms with E-state index in [-0.39, 0.29) is 5.56 Å². The molecule has 5 heteroatoms. The number of nitrogen functional groups attached to an aromatic ring is 1. The number of nitrogens with one attached hydrogen (secondary N) is 2. The monoisotopic (exact) mass is 218 g/mol. The molecule has 84 valence electrons. The largest absolute Gasteiger partial charge is 0.382 e. The first kappa shape index (κ1) is 10.5. The van der Waals surface area contributed by atoms with Crippen LogP contribution in [-0.4, -0.2) is 15.2 Å². The van der Waals surface area contributed by atoms with Crippen LogP contribution in [0.1, 0.15) is 18.9 Å². The van der Waals surface area contributed by atoms with Gasteiger partial charge in [0, 0.05) is 23.4 Å². The van der Waals surface area contributed by atoms with Gasteiger partial charge >= 0.3 is 0 Å². The number of hydrogen-bond donors (Lipinski definition) is 3. The molecule has 0 saturated carbocycles. The van der Waals surface area contributed by atoms with Gasteiger partial charge in [-0.05, 0) is 12.5 Å². The Balaban J connectivity index is 2.51. The van der Waals surface area contributed by atoms with Crippen LogP contribution in [0.3, 0.4) is 0 Å². The lowest BCUT2D eigenvalue weighted by Gasteiger charge is -2.01. The van der Waals surface area contributed by atoms with Crippen LogP contribution in [-0.2, 0) is 6.42 Å². The number of hydrogen-bond acceptors (Lipinski definition) is 3. The van der Waals surface area contributed by atoms with Gasteiger partial charge in [0.05, 0.1) is 5.69 Å². The minimum Gasteiger partial charge on any atom is -0.382 e. The van der Waals surface area contributed by atoms with Gasteiger partial charge in [0.25, 0.3) is 0 Å². The lowest BCUT2D eigenvalue weighted by atomic mass is 10.1. The molecule has 0 spiro atoms. The van der Waals surface area contributed by atoms with Gasteiger partial charge in [-0.2, -0.15) is 5.10 Å². The second-order valence-corrected chi connectivity index (χ2v) is 3.65. The molecule has 0 aliphatic carbocycles. The average Bonchev–Trinajstić information content (AvgIpc) is 2.61. The third-order valence-electron chi connectivity index (χ3n) is 2.46. The van der Waals surface area contributed by atoms with E-state index in [0.717, 1.165) is 29.7 Å². The fourth-order valence-electron chi connectivity index (χ4n) is 1.72. The van der Waals surface area contributed by atoms with Crippen LogP contribution in [0, 0.1) is 0 Å². The summed E-state index contributed by atoms with van der Waals surface area (Å²) in [6, 6.07) is 3.36. The third kappa shape index (κ3) is 1.84. The SMILES string of the molecule is CCCc1c(N)n[nH]c1-c1cc[nH]c(=O)c1. The van der Waals surface area contributed by atoms with Crippen LogP contribution in [0.4, 0.5) is 5.82 Å². The van der Waals surface area contributed by atoms with E-state index < -0.39 is 0 Å². The Kier molecular flexibility index (Phi) is 2.76. The first-order chi connectivity index (χ1) is 7.72. The number of nitrogens with zero attached hydrogens (tertiary/aromatic N) is 1. The standard InChI is InChI=1S/C11H14N4O/c1-2-3-8-10(14-15-11(8)12)7-4-5-13-9(16)6-7/h4-6H,2-3H2,1H3,(H,13,16)(H3,12,14,15). The maximum atomic E-state index is 11.2. The summed E-state index contributed by atoms with van der Waals surface area (Å²) in [5, 5.41) is 6.86. The zero-order valence-corrected chi connectivity index (χ0v) is 9.08. The number of aromatic nitrogens is 3. The van der Waals surface area contributed by atoms with Crippen molar-refractivity contribution < 1.29 is 0 Å². The van der Waals surface area contributed by atoms with Crippen LogP contribution >= 0.6 is 0 Å². The molecular weight excluding hydrogens is 204 g/mol. The van der Waals surface area contributed by atoms with Crippen molar-refractivity contribution in [2.24, 2.45) is 0 Å². The van der Waals surface area contributed by atoms with Crippen molar-refractivity contribution >= 4 is 5.82 Å². The highest BCUT2D eigenvalue weighted by Gasteiger charge is 2.11. The van der Waals surface area contributed by atoms with Gasteiger partial charge in [-0.25, -0.2) is 0 Å². The van der Waals surface area contributed by atoms with E-state index in [4.69, 9.17) is 5.73 Å². The Morgan fingerprint density at radius 2 is 2.31 bits per heavy atom. The summed E-state index contributed by atoms with van der Waals surface area (Å²) in [6.07, 6.45) is 3.45. The van der Waals surface area contributed by atoms with Crippen molar-refractivity contribution in [2.45, 2.75) is 19.8 Å². The van der Waals surface area contributed by atoms with Gasteiger partial charge in [0.2, 0.25) is 5.56 Å². The van der Waals surface area contributed by atoms with E-state index in [1.807, 2.05) is 6.07 Å². The smallest absolute Gasteiger partial charge is 0.248 e. The summed E-state index contributed by atoms with van der Waals surface area (Å²) in [6.45, 7) is 2.08. The molecule has 0 amide bonds. The van der Waals surface area contributed by atoms with E-state index in [1.54, 1.807) is 6.20 Å². The number of anilines is 1. The van der Waals surface area contributed by atoms with Crippen LogP contribution in [0.15, 0.2) is 23.1 Å². The Labute approximate surface area is 92.7 Å². The molecule has 0 atom stereocenters. The molecule has 0 aliphatic rings. The molecule has 5 nitrogen and oxygen atoms in total. The molecule has 4 N–H and O–H groups in total. The molecule has 16 heavy (non-hydrogen) atoms. The fourth-order valence-corrected chi connectivity index (χ4v) is 1.72. The van der Waals surface area contributed by atoms with E-state index in [0.29, 0.717) is 5.82 Å². The highest BCUT2D eigenvalue weighted by molar-refractivity contribution is 5.67. The quantitative estimate of drug-likeness (QED) is 0.725. The second kappa shape index (κ2) is 4.22. The molecule has 0 aliphatic heterocycles. The van der Waals surface area contributed by atoms with Gasteiger partial charge in [0.1, 0.15) is 5.82 Å². The summed E-state index contributed by atoms with van der Waals surface area (Å²) in [7, 11) is 0. The third-order valence-corrected chi connectivity index (χ3v) is 2.46. The first-order valence-electron chi connectivity index (χ1n) is 5.24. The predicted molar refractivity (Wildman–Crippen MR) is 63.1 cm³/mol. The Hall–Kier alpha value is -2.04. The van der Waals surface area contributed by atoms with E-state index in [9.17, 15) is 4.79 Å². The summed E-state index contributed by atoms with van der Waals surface area (Å²) >= 11 is 0. The molecule has 2 aromatic heterocycles. The van der Waals surface area contributed by atoms with Crippen molar-refractivity contribution in [1.82, 2.24) is 15.2 Å². The molecule has 0 bridgehead atoms. The van der Waals surface area contributed by atoms with E-state index in [1.165, 1.54) is 6.07 Å². The van der Waals surface area contributed by atoms with Crippen molar-refractivity contribution in [3.05, 3.63) is 34.2 Å². The lowest BCUT2D eigenvalue weighted by Crippen LogP contribution is -2.03. The number of aromatic amines is 2. The summed E-state index contributed by atoms with van der Waals surface area (Å²) < 4.78 is 0. The highest BCUT2D eigenvalue weighted by Crippen LogP contribution is 2.24. The van der Waals surface area contributed by atoms with Gasteiger partial charge in [-0.1, -0.05) is 13.3 Å². The van der Waals surface area contributed by atoms with Gasteiger partial charge in [0.15, 0.2) is 0 Å². The molecule has 2 rings (SSSR count). The fraction of sp³-hybridized carbons (Fsp3) is 0.273. The predicted octanol–water partition coefficient (Wildman–Crippen LogP) is 1.30. The number of pyridine rings is 1. The average molecular weight is 218 g/mol. The zero-order chi connectivity index (χ0) is 11.5. The normalized spacial score (nSPS) is 10.6. The number of H-pyrrole nitrogens is 2. The van der Waals surface area contributed by atoms with E-state index >= 15 is 0 Å². The Morgan fingerprint density at radius 3 is 3.00 bits per heavy atom. The van der Waals surface area contributed by atoms with Crippen molar-refractivity contribution in [3.8, 4) is 11.3 Å². The minimum absolute atomic E-state index is 0.131. The Morgan fingerprint density at radius 1 is 1.50 bits per heavy atom. The molecule has 0 radical (unpaired) electrons. The van der Waals surface area contributed by atoms with E-state index in [2.05, 4.69) is 22.1 Å². The van der Waals surface area contributed by atoms with Crippen LogP contribution in [0.2, 0.25) is 0 Å². The van der Waals surface area contributed by atoms with Crippen molar-refractivity contribution in [3.63, 3.8) is 0 Å². The first-order valence-corrected chi connectivity index (χ1v) is 5.24. The molecule has 2 aromatic rings. The van der Waals surface area contributed by atoms with Gasteiger partial charge < -0.3 is 10.7 Å². The van der Waals surface area contributed by atoms with Gasteiger partial charge in [-0.15, -0.1) is 0 Å². The zero-order valence-electron chi connectivity index (χ0n) is 9.08. The van der Waals surface area contributed by atoms with Crippen LogP contribution in [0.5, 0.6) is 0 Å². The minimum atomic E-state index is -0.131. The Bertz CT molecular complexity index is 541. The van der Waals surface area contributed by atoms with Crippen molar-refractivity contribution in [1.29, 1.82) is 0 Å². The summed E-state index contributed by atoms with van der Waals surface area (Å²) in [4.78, 5) is 13.8. The molecule has 2 heterocycles. The van der Waals surface area contributed by atoms with Gasteiger partial charge in [-0.3, -0.25) is 9.89 Å². The molecule has 0 aromatic carbocycles. The van der Waals surface area contributed by atoms with Crippen LogP contribution < -0.4 is 11.3 Å². The molecule has 0 fully saturated rings.